The molecule has 2 heterocycles. The fraction of sp³-hybridized carbons (Fsp3) is 0.182. The number of hydrogen-bond acceptors (Lipinski definition) is 4. The van der Waals surface area contributed by atoms with Crippen LogP contribution in [0.2, 0.25) is 0 Å². The summed E-state index contributed by atoms with van der Waals surface area (Å²) < 4.78 is 4.66. The van der Waals surface area contributed by atoms with Crippen molar-refractivity contribution in [3.8, 4) is 9.75 Å². The Balaban J connectivity index is 2.27. The molecular weight excluding hydrogens is 228 g/mol. The molecule has 0 fully saturated rings. The van der Waals surface area contributed by atoms with E-state index in [1.807, 2.05) is 22.9 Å². The zero-order chi connectivity index (χ0) is 10.7. The molecule has 2 rings (SSSR count). The predicted molar refractivity (Wildman–Crippen MR) is 63.4 cm³/mol. The lowest BCUT2D eigenvalue weighted by Crippen LogP contribution is -2.03. The summed E-state index contributed by atoms with van der Waals surface area (Å²) in [6, 6.07) is 6.07. The Morgan fingerprint density at radius 2 is 2.20 bits per heavy atom. The predicted octanol–water partition coefficient (Wildman–Crippen LogP) is 3.19. The molecule has 2 aromatic rings. The lowest BCUT2D eigenvalue weighted by atomic mass is 10.2. The van der Waals surface area contributed by atoms with Gasteiger partial charge in [-0.05, 0) is 28.5 Å². The van der Waals surface area contributed by atoms with Gasteiger partial charge in [0, 0.05) is 9.75 Å². The first-order valence-corrected chi connectivity index (χ1v) is 6.24. The molecule has 0 bridgehead atoms. The molecule has 15 heavy (non-hydrogen) atoms. The molecule has 0 aromatic carbocycles. The van der Waals surface area contributed by atoms with E-state index >= 15 is 0 Å². The third-order valence-corrected chi connectivity index (χ3v) is 4.06. The van der Waals surface area contributed by atoms with Gasteiger partial charge in [-0.1, -0.05) is 6.07 Å². The van der Waals surface area contributed by atoms with Gasteiger partial charge in [-0.25, -0.2) is 0 Å². The van der Waals surface area contributed by atoms with E-state index in [2.05, 4.69) is 10.8 Å². The molecule has 0 atom stereocenters. The number of methoxy groups -OCH3 is 1. The Bertz CT molecular complexity index is 443. The zero-order valence-corrected chi connectivity index (χ0v) is 9.86. The fourth-order valence-electron chi connectivity index (χ4n) is 1.33. The van der Waals surface area contributed by atoms with E-state index in [0.717, 1.165) is 5.56 Å². The van der Waals surface area contributed by atoms with Crippen molar-refractivity contribution >= 4 is 28.6 Å². The molecule has 2 nitrogen and oxygen atoms in total. The molecule has 0 radical (unpaired) electrons. The van der Waals surface area contributed by atoms with Gasteiger partial charge in [0.1, 0.15) is 0 Å². The van der Waals surface area contributed by atoms with Crippen LogP contribution in [-0.2, 0) is 16.0 Å². The summed E-state index contributed by atoms with van der Waals surface area (Å²) in [5.74, 6) is -0.189. The van der Waals surface area contributed by atoms with E-state index in [1.54, 1.807) is 22.7 Å². The van der Waals surface area contributed by atoms with Crippen LogP contribution in [0, 0.1) is 0 Å². The van der Waals surface area contributed by atoms with Crippen molar-refractivity contribution in [2.75, 3.05) is 7.11 Å². The average molecular weight is 238 g/mol. The highest BCUT2D eigenvalue weighted by molar-refractivity contribution is 7.20. The second-order valence-electron chi connectivity index (χ2n) is 3.01. The Morgan fingerprint density at radius 1 is 1.33 bits per heavy atom. The second-order valence-corrected chi connectivity index (χ2v) is 4.87. The number of carbonyl (C=O) groups excluding carboxylic acids is 1. The van der Waals surface area contributed by atoms with Crippen LogP contribution in [0.1, 0.15) is 5.56 Å². The van der Waals surface area contributed by atoms with Gasteiger partial charge in [0.05, 0.1) is 13.5 Å². The van der Waals surface area contributed by atoms with E-state index in [1.165, 1.54) is 16.9 Å². The van der Waals surface area contributed by atoms with Crippen LogP contribution >= 0.6 is 22.7 Å². The fourth-order valence-corrected chi connectivity index (χ4v) is 3.16. The van der Waals surface area contributed by atoms with E-state index in [-0.39, 0.29) is 5.97 Å². The number of esters is 1. The largest absolute Gasteiger partial charge is 0.469 e. The third-order valence-electron chi connectivity index (χ3n) is 2.05. The number of hydrogen-bond donors (Lipinski definition) is 0. The summed E-state index contributed by atoms with van der Waals surface area (Å²) >= 11 is 3.35. The summed E-state index contributed by atoms with van der Waals surface area (Å²) in [7, 11) is 1.42. The molecular formula is C11H10O2S2. The highest BCUT2D eigenvalue weighted by atomic mass is 32.1. The van der Waals surface area contributed by atoms with Crippen LogP contribution in [-0.4, -0.2) is 13.1 Å². The molecule has 0 amide bonds. The number of ether oxygens (including phenoxy) is 1. The third kappa shape index (κ3) is 2.27. The molecule has 2 aromatic heterocycles. The Kier molecular flexibility index (Phi) is 3.18. The minimum absolute atomic E-state index is 0.189. The van der Waals surface area contributed by atoms with Crippen molar-refractivity contribution in [3.63, 3.8) is 0 Å². The smallest absolute Gasteiger partial charge is 0.310 e. The molecule has 0 spiro atoms. The molecule has 0 unspecified atom stereocenters. The van der Waals surface area contributed by atoms with Gasteiger partial charge < -0.3 is 4.74 Å². The minimum atomic E-state index is -0.189. The Morgan fingerprint density at radius 3 is 2.87 bits per heavy atom. The quantitative estimate of drug-likeness (QED) is 0.768. The van der Waals surface area contributed by atoms with Crippen molar-refractivity contribution < 1.29 is 9.53 Å². The van der Waals surface area contributed by atoms with Gasteiger partial charge in [-0.3, -0.25) is 4.79 Å². The Hall–Kier alpha value is -1.13. The highest BCUT2D eigenvalue weighted by Gasteiger charge is 2.11. The first-order valence-electron chi connectivity index (χ1n) is 4.48. The summed E-state index contributed by atoms with van der Waals surface area (Å²) in [6.07, 6.45) is 0.354. The van der Waals surface area contributed by atoms with Crippen LogP contribution in [0.4, 0.5) is 0 Å². The zero-order valence-electron chi connectivity index (χ0n) is 8.23. The van der Waals surface area contributed by atoms with Crippen LogP contribution in [0.5, 0.6) is 0 Å². The monoisotopic (exact) mass is 238 g/mol. The van der Waals surface area contributed by atoms with Crippen molar-refractivity contribution in [2.45, 2.75) is 6.42 Å². The second kappa shape index (κ2) is 4.59. The normalized spacial score (nSPS) is 10.2. The van der Waals surface area contributed by atoms with Crippen molar-refractivity contribution in [3.05, 3.63) is 34.5 Å². The van der Waals surface area contributed by atoms with Gasteiger partial charge in [0.25, 0.3) is 0 Å². The Labute approximate surface area is 96.1 Å². The molecule has 0 saturated carbocycles. The molecule has 0 N–H and O–H groups in total. The first-order chi connectivity index (χ1) is 7.31. The van der Waals surface area contributed by atoms with Crippen molar-refractivity contribution in [2.24, 2.45) is 0 Å². The first kappa shape index (κ1) is 10.4. The van der Waals surface area contributed by atoms with Crippen LogP contribution in [0.3, 0.4) is 0 Å². The summed E-state index contributed by atoms with van der Waals surface area (Å²) in [5.41, 5.74) is 1.05. The minimum Gasteiger partial charge on any atom is -0.469 e. The van der Waals surface area contributed by atoms with Crippen LogP contribution in [0.15, 0.2) is 29.0 Å². The maximum absolute atomic E-state index is 11.2. The molecule has 0 aliphatic heterocycles. The average Bonchev–Trinajstić information content (AvgIpc) is 2.86. The summed E-state index contributed by atoms with van der Waals surface area (Å²) in [6.45, 7) is 0. The van der Waals surface area contributed by atoms with Crippen molar-refractivity contribution in [1.29, 1.82) is 0 Å². The van der Waals surface area contributed by atoms with Crippen molar-refractivity contribution in [1.82, 2.24) is 0 Å². The summed E-state index contributed by atoms with van der Waals surface area (Å²) in [4.78, 5) is 13.6. The van der Waals surface area contributed by atoms with E-state index in [4.69, 9.17) is 0 Å². The highest BCUT2D eigenvalue weighted by Crippen LogP contribution is 2.33. The van der Waals surface area contributed by atoms with Gasteiger partial charge >= 0.3 is 5.97 Å². The lowest BCUT2D eigenvalue weighted by Gasteiger charge is -2.00. The maximum atomic E-state index is 11.2. The lowest BCUT2D eigenvalue weighted by molar-refractivity contribution is -0.139. The number of carbonyl (C=O) groups is 1. The molecule has 78 valence electrons. The van der Waals surface area contributed by atoms with Gasteiger partial charge in [-0.15, -0.1) is 22.7 Å². The molecule has 0 aliphatic rings. The van der Waals surface area contributed by atoms with Crippen LogP contribution < -0.4 is 0 Å². The number of rotatable bonds is 3. The molecule has 4 heteroatoms. The number of thiophene rings is 2. The summed E-state index contributed by atoms with van der Waals surface area (Å²) in [5, 5.41) is 4.05. The van der Waals surface area contributed by atoms with E-state index in [0.29, 0.717) is 6.42 Å². The SMILES string of the molecule is COC(=O)Cc1ccsc1-c1cccs1. The standard InChI is InChI=1S/C11H10O2S2/c1-13-10(12)7-8-4-6-15-11(8)9-3-2-5-14-9/h2-6H,7H2,1H3. The van der Waals surface area contributed by atoms with Gasteiger partial charge in [-0.2, -0.15) is 0 Å². The molecule has 0 aliphatic carbocycles. The van der Waals surface area contributed by atoms with Gasteiger partial charge in [0.2, 0.25) is 0 Å². The van der Waals surface area contributed by atoms with E-state index in [9.17, 15) is 4.79 Å². The topological polar surface area (TPSA) is 26.3 Å². The van der Waals surface area contributed by atoms with Crippen LogP contribution in [0.25, 0.3) is 9.75 Å². The molecule has 0 saturated heterocycles. The van der Waals surface area contributed by atoms with Gasteiger partial charge in [0.15, 0.2) is 0 Å². The van der Waals surface area contributed by atoms with E-state index < -0.39 is 0 Å². The maximum Gasteiger partial charge on any atom is 0.310 e.